The van der Waals surface area contributed by atoms with Crippen molar-refractivity contribution < 1.29 is 18.7 Å². The van der Waals surface area contributed by atoms with Crippen LogP contribution in [-0.4, -0.2) is 35.1 Å². The second kappa shape index (κ2) is 5.65. The van der Waals surface area contributed by atoms with Crippen LogP contribution in [0.1, 0.15) is 18.9 Å². The molecule has 1 aromatic rings. The first-order chi connectivity index (χ1) is 9.02. The molecule has 2 atom stereocenters. The Kier molecular flexibility index (Phi) is 4.14. The molecule has 19 heavy (non-hydrogen) atoms. The molecular formula is C14H17F2NO2. The largest absolute Gasteiger partial charge is 0.394 e. The molecule has 0 bridgehead atoms. The number of hydrogen-bond donors (Lipinski definition) is 1. The Labute approximate surface area is 110 Å². The zero-order chi connectivity index (χ0) is 14.0. The smallest absolute Gasteiger partial charge is 0.227 e. The number of likely N-dealkylation sites (tertiary alicyclic amines) is 1. The van der Waals surface area contributed by atoms with Gasteiger partial charge in [0.2, 0.25) is 5.91 Å². The van der Waals surface area contributed by atoms with Gasteiger partial charge in [-0.2, -0.15) is 0 Å². The molecule has 0 radical (unpaired) electrons. The number of rotatable bonds is 3. The summed E-state index contributed by atoms with van der Waals surface area (Å²) in [5.41, 5.74) is 0.183. The molecule has 2 unspecified atom stereocenters. The van der Waals surface area contributed by atoms with E-state index in [1.54, 1.807) is 4.90 Å². The van der Waals surface area contributed by atoms with Crippen LogP contribution in [0.15, 0.2) is 18.2 Å². The molecule has 1 amide bonds. The van der Waals surface area contributed by atoms with Gasteiger partial charge < -0.3 is 10.0 Å². The summed E-state index contributed by atoms with van der Waals surface area (Å²) in [7, 11) is 0. The first-order valence-electron chi connectivity index (χ1n) is 6.37. The molecule has 0 spiro atoms. The lowest BCUT2D eigenvalue weighted by Crippen LogP contribution is -2.40. The fourth-order valence-corrected chi connectivity index (χ4v) is 2.53. The maximum atomic E-state index is 13.5. The summed E-state index contributed by atoms with van der Waals surface area (Å²) in [4.78, 5) is 13.7. The third-order valence-electron chi connectivity index (χ3n) is 3.75. The molecule has 0 saturated carbocycles. The molecule has 3 nitrogen and oxygen atoms in total. The normalized spacial score (nSPS) is 22.8. The second-order valence-corrected chi connectivity index (χ2v) is 5.02. The number of carbonyl (C=O) groups excluding carboxylic acids is 1. The van der Waals surface area contributed by atoms with Crippen molar-refractivity contribution in [1.29, 1.82) is 0 Å². The van der Waals surface area contributed by atoms with Gasteiger partial charge in [0.05, 0.1) is 19.1 Å². The van der Waals surface area contributed by atoms with Gasteiger partial charge in [0.1, 0.15) is 11.6 Å². The van der Waals surface area contributed by atoms with Crippen LogP contribution < -0.4 is 0 Å². The van der Waals surface area contributed by atoms with E-state index in [1.807, 2.05) is 6.92 Å². The zero-order valence-electron chi connectivity index (χ0n) is 10.8. The minimum absolute atomic E-state index is 0.0845. The van der Waals surface area contributed by atoms with Gasteiger partial charge in [0.15, 0.2) is 0 Å². The molecule has 1 heterocycles. The lowest BCUT2D eigenvalue weighted by Gasteiger charge is -2.25. The third-order valence-corrected chi connectivity index (χ3v) is 3.75. The van der Waals surface area contributed by atoms with Crippen LogP contribution in [-0.2, 0) is 11.2 Å². The van der Waals surface area contributed by atoms with Crippen molar-refractivity contribution in [3.8, 4) is 0 Å². The maximum absolute atomic E-state index is 13.5. The van der Waals surface area contributed by atoms with E-state index in [0.29, 0.717) is 6.54 Å². The van der Waals surface area contributed by atoms with Crippen molar-refractivity contribution in [3.63, 3.8) is 0 Å². The van der Waals surface area contributed by atoms with Crippen LogP contribution >= 0.6 is 0 Å². The predicted octanol–water partition coefficient (Wildman–Crippen LogP) is 1.74. The van der Waals surface area contributed by atoms with E-state index in [0.717, 1.165) is 18.6 Å². The summed E-state index contributed by atoms with van der Waals surface area (Å²) in [6.07, 6.45) is 0.734. The monoisotopic (exact) mass is 269 g/mol. The van der Waals surface area contributed by atoms with Crippen molar-refractivity contribution >= 4 is 5.91 Å². The summed E-state index contributed by atoms with van der Waals surface area (Å²) in [6, 6.07) is 3.01. The van der Waals surface area contributed by atoms with Gasteiger partial charge in [-0.1, -0.05) is 13.0 Å². The topological polar surface area (TPSA) is 40.5 Å². The second-order valence-electron chi connectivity index (χ2n) is 5.02. The van der Waals surface area contributed by atoms with Crippen molar-refractivity contribution in [2.45, 2.75) is 25.8 Å². The number of amides is 1. The Bertz CT molecular complexity index is 479. The third kappa shape index (κ3) is 2.92. The zero-order valence-corrected chi connectivity index (χ0v) is 10.8. The van der Waals surface area contributed by atoms with E-state index in [-0.39, 0.29) is 36.5 Å². The quantitative estimate of drug-likeness (QED) is 0.908. The Morgan fingerprint density at radius 2 is 2.21 bits per heavy atom. The number of benzene rings is 1. The maximum Gasteiger partial charge on any atom is 0.227 e. The molecule has 1 aliphatic heterocycles. The SMILES string of the molecule is CC1CCN(C(=O)Cc2ccc(F)cc2F)C1CO. The summed E-state index contributed by atoms with van der Waals surface area (Å²) in [6.45, 7) is 2.47. The molecule has 1 N–H and O–H groups in total. The van der Waals surface area contributed by atoms with Crippen molar-refractivity contribution in [2.75, 3.05) is 13.2 Å². The van der Waals surface area contributed by atoms with E-state index in [1.165, 1.54) is 6.07 Å². The Morgan fingerprint density at radius 3 is 2.84 bits per heavy atom. The van der Waals surface area contributed by atoms with E-state index >= 15 is 0 Å². The number of hydrogen-bond acceptors (Lipinski definition) is 2. The van der Waals surface area contributed by atoms with Crippen LogP contribution in [0.5, 0.6) is 0 Å². The Morgan fingerprint density at radius 1 is 1.47 bits per heavy atom. The van der Waals surface area contributed by atoms with E-state index in [9.17, 15) is 18.7 Å². The van der Waals surface area contributed by atoms with E-state index in [2.05, 4.69) is 0 Å². The molecule has 1 aromatic carbocycles. The highest BCUT2D eigenvalue weighted by atomic mass is 19.1. The average Bonchev–Trinajstić information content (AvgIpc) is 2.74. The summed E-state index contributed by atoms with van der Waals surface area (Å²) in [5, 5.41) is 9.30. The molecule has 2 rings (SSSR count). The van der Waals surface area contributed by atoms with E-state index in [4.69, 9.17) is 0 Å². The Balaban J connectivity index is 2.09. The standard InChI is InChI=1S/C14H17F2NO2/c1-9-4-5-17(13(9)8-18)14(19)6-10-2-3-11(15)7-12(10)16/h2-3,7,9,13,18H,4-6,8H2,1H3. The molecule has 1 fully saturated rings. The van der Waals surface area contributed by atoms with E-state index < -0.39 is 11.6 Å². The molecule has 1 aliphatic rings. The molecular weight excluding hydrogens is 252 g/mol. The highest BCUT2D eigenvalue weighted by Crippen LogP contribution is 2.24. The Hall–Kier alpha value is -1.49. The molecule has 5 heteroatoms. The van der Waals surface area contributed by atoms with Gasteiger partial charge in [-0.15, -0.1) is 0 Å². The van der Waals surface area contributed by atoms with Crippen LogP contribution in [0.4, 0.5) is 8.78 Å². The summed E-state index contributed by atoms with van der Waals surface area (Å²) in [5.74, 6) is -1.35. The summed E-state index contributed by atoms with van der Waals surface area (Å²) < 4.78 is 26.3. The molecule has 0 aliphatic carbocycles. The molecule has 0 aromatic heterocycles. The first kappa shape index (κ1) is 13.9. The van der Waals surface area contributed by atoms with Gasteiger partial charge >= 0.3 is 0 Å². The van der Waals surface area contributed by atoms with Crippen LogP contribution in [0.25, 0.3) is 0 Å². The number of carbonyl (C=O) groups is 1. The number of aliphatic hydroxyl groups is 1. The van der Waals surface area contributed by atoms with Crippen molar-refractivity contribution in [3.05, 3.63) is 35.4 Å². The fourth-order valence-electron chi connectivity index (χ4n) is 2.53. The fraction of sp³-hybridized carbons (Fsp3) is 0.500. The van der Waals surface area contributed by atoms with Gasteiger partial charge in [0, 0.05) is 12.6 Å². The van der Waals surface area contributed by atoms with Crippen LogP contribution in [0.3, 0.4) is 0 Å². The molecule has 104 valence electrons. The number of aliphatic hydroxyl groups excluding tert-OH is 1. The lowest BCUT2D eigenvalue weighted by molar-refractivity contribution is -0.132. The van der Waals surface area contributed by atoms with Gasteiger partial charge in [0.25, 0.3) is 0 Å². The van der Waals surface area contributed by atoms with Gasteiger partial charge in [-0.05, 0) is 24.0 Å². The van der Waals surface area contributed by atoms with Crippen molar-refractivity contribution in [2.24, 2.45) is 5.92 Å². The highest BCUT2D eigenvalue weighted by molar-refractivity contribution is 5.79. The molecule has 1 saturated heterocycles. The van der Waals surface area contributed by atoms with Gasteiger partial charge in [-0.25, -0.2) is 8.78 Å². The first-order valence-corrected chi connectivity index (χ1v) is 6.37. The average molecular weight is 269 g/mol. The minimum Gasteiger partial charge on any atom is -0.394 e. The van der Waals surface area contributed by atoms with Gasteiger partial charge in [-0.3, -0.25) is 4.79 Å². The van der Waals surface area contributed by atoms with Crippen LogP contribution in [0.2, 0.25) is 0 Å². The highest BCUT2D eigenvalue weighted by Gasteiger charge is 2.33. The summed E-state index contributed by atoms with van der Waals surface area (Å²) >= 11 is 0. The predicted molar refractivity (Wildman–Crippen MR) is 66.4 cm³/mol. The number of halogens is 2. The number of nitrogens with zero attached hydrogens (tertiary/aromatic N) is 1. The van der Waals surface area contributed by atoms with Crippen molar-refractivity contribution in [1.82, 2.24) is 4.90 Å². The minimum atomic E-state index is -0.707. The lowest BCUT2D eigenvalue weighted by atomic mass is 10.0. The van der Waals surface area contributed by atoms with Crippen LogP contribution in [0, 0.1) is 17.6 Å².